The fourth-order valence-electron chi connectivity index (χ4n) is 1.65. The molecule has 0 aromatic heterocycles. The zero-order valence-corrected chi connectivity index (χ0v) is 9.98. The predicted molar refractivity (Wildman–Crippen MR) is 64.1 cm³/mol. The van der Waals surface area contributed by atoms with Gasteiger partial charge in [0.15, 0.2) is 6.61 Å². The Kier molecular flexibility index (Phi) is 3.86. The van der Waals surface area contributed by atoms with E-state index in [1.807, 2.05) is 0 Å². The lowest BCUT2D eigenvalue weighted by Crippen LogP contribution is -2.48. The third-order valence-corrected chi connectivity index (χ3v) is 2.91. The van der Waals surface area contributed by atoms with Crippen molar-refractivity contribution in [3.05, 3.63) is 29.3 Å². The fourth-order valence-corrected chi connectivity index (χ4v) is 1.78. The van der Waals surface area contributed by atoms with Gasteiger partial charge in [0.25, 0.3) is 5.91 Å². The van der Waals surface area contributed by atoms with Crippen LogP contribution in [0.15, 0.2) is 24.3 Å². The van der Waals surface area contributed by atoms with Crippen LogP contribution in [0.4, 0.5) is 0 Å². The molecule has 2 N–H and O–H groups in total. The number of ether oxygens (including phenoxy) is 1. The van der Waals surface area contributed by atoms with Gasteiger partial charge in [-0.25, -0.2) is 0 Å². The zero-order chi connectivity index (χ0) is 12.3. The summed E-state index contributed by atoms with van der Waals surface area (Å²) >= 11 is 5.72. The van der Waals surface area contributed by atoms with Crippen LogP contribution in [0, 0.1) is 0 Å². The van der Waals surface area contributed by atoms with Crippen molar-refractivity contribution < 1.29 is 14.6 Å². The lowest BCUT2D eigenvalue weighted by molar-refractivity contribution is -0.125. The third kappa shape index (κ3) is 3.61. The molecule has 1 aromatic carbocycles. The minimum atomic E-state index is -0.266. The summed E-state index contributed by atoms with van der Waals surface area (Å²) in [5, 5.41) is 12.5. The summed E-state index contributed by atoms with van der Waals surface area (Å²) in [6.45, 7) is -0.0196. The van der Waals surface area contributed by atoms with Crippen molar-refractivity contribution in [3.63, 3.8) is 0 Å². The lowest BCUT2D eigenvalue weighted by atomic mass is 9.89. The van der Waals surface area contributed by atoms with Crippen LogP contribution in [0.2, 0.25) is 5.02 Å². The minimum absolute atomic E-state index is 0.0196. The Balaban J connectivity index is 1.70. The average Bonchev–Trinajstić information content (AvgIpc) is 2.26. The molecule has 0 aliphatic heterocycles. The smallest absolute Gasteiger partial charge is 0.258 e. The maximum absolute atomic E-state index is 11.4. The quantitative estimate of drug-likeness (QED) is 0.854. The van der Waals surface area contributed by atoms with E-state index in [1.54, 1.807) is 24.3 Å². The van der Waals surface area contributed by atoms with Crippen molar-refractivity contribution in [3.8, 4) is 5.75 Å². The highest BCUT2D eigenvalue weighted by molar-refractivity contribution is 6.30. The van der Waals surface area contributed by atoms with E-state index >= 15 is 0 Å². The van der Waals surface area contributed by atoms with E-state index in [-0.39, 0.29) is 24.7 Å². The zero-order valence-electron chi connectivity index (χ0n) is 9.23. The SMILES string of the molecule is O=C(COc1ccc(Cl)cc1)NC1CC(O)C1. The summed E-state index contributed by atoms with van der Waals surface area (Å²) in [4.78, 5) is 11.4. The number of aliphatic hydroxyl groups excluding tert-OH is 1. The summed E-state index contributed by atoms with van der Waals surface area (Å²) < 4.78 is 5.29. The van der Waals surface area contributed by atoms with Crippen molar-refractivity contribution in [2.24, 2.45) is 0 Å². The van der Waals surface area contributed by atoms with Crippen molar-refractivity contribution in [2.75, 3.05) is 6.61 Å². The fraction of sp³-hybridized carbons (Fsp3) is 0.417. The molecule has 0 spiro atoms. The van der Waals surface area contributed by atoms with Gasteiger partial charge in [0.2, 0.25) is 0 Å². The molecule has 2 rings (SSSR count). The second-order valence-electron chi connectivity index (χ2n) is 4.13. The van der Waals surface area contributed by atoms with Crippen LogP contribution < -0.4 is 10.1 Å². The van der Waals surface area contributed by atoms with Crippen LogP contribution in [0.3, 0.4) is 0 Å². The largest absolute Gasteiger partial charge is 0.484 e. The van der Waals surface area contributed by atoms with Crippen LogP contribution in [-0.2, 0) is 4.79 Å². The molecular weight excluding hydrogens is 242 g/mol. The van der Waals surface area contributed by atoms with Crippen LogP contribution in [0.5, 0.6) is 5.75 Å². The van der Waals surface area contributed by atoms with E-state index in [1.165, 1.54) is 0 Å². The van der Waals surface area contributed by atoms with Crippen LogP contribution >= 0.6 is 11.6 Å². The molecule has 1 aromatic rings. The summed E-state index contributed by atoms with van der Waals surface area (Å²) in [5.74, 6) is 0.440. The summed E-state index contributed by atoms with van der Waals surface area (Å²) in [6, 6.07) is 6.92. The van der Waals surface area contributed by atoms with Crippen LogP contribution in [0.25, 0.3) is 0 Å². The number of halogens is 1. The molecule has 1 aliphatic rings. The predicted octanol–water partition coefficient (Wildman–Crippen LogP) is 1.36. The molecule has 1 aliphatic carbocycles. The molecule has 4 nitrogen and oxygen atoms in total. The highest BCUT2D eigenvalue weighted by Gasteiger charge is 2.28. The number of carbonyl (C=O) groups excluding carboxylic acids is 1. The normalized spacial score (nSPS) is 22.7. The first-order valence-corrected chi connectivity index (χ1v) is 5.87. The van der Waals surface area contributed by atoms with E-state index in [0.717, 1.165) is 0 Å². The molecule has 0 unspecified atom stereocenters. The van der Waals surface area contributed by atoms with Gasteiger partial charge in [0, 0.05) is 11.1 Å². The monoisotopic (exact) mass is 255 g/mol. The molecule has 0 heterocycles. The Morgan fingerprint density at radius 3 is 2.65 bits per heavy atom. The molecule has 0 saturated heterocycles. The second-order valence-corrected chi connectivity index (χ2v) is 4.57. The number of nitrogens with one attached hydrogen (secondary N) is 1. The van der Waals surface area contributed by atoms with E-state index in [2.05, 4.69) is 5.32 Å². The summed E-state index contributed by atoms with van der Waals surface area (Å²) in [7, 11) is 0. The Morgan fingerprint density at radius 1 is 1.41 bits per heavy atom. The highest BCUT2D eigenvalue weighted by Crippen LogP contribution is 2.19. The Labute approximate surface area is 105 Å². The standard InChI is InChI=1S/C12H14ClNO3/c13-8-1-3-11(4-2-8)17-7-12(16)14-9-5-10(15)6-9/h1-4,9-10,15H,5-7H2,(H,14,16). The first kappa shape index (κ1) is 12.2. The molecule has 0 bridgehead atoms. The third-order valence-electron chi connectivity index (χ3n) is 2.66. The van der Waals surface area contributed by atoms with Crippen molar-refractivity contribution >= 4 is 17.5 Å². The maximum atomic E-state index is 11.4. The Morgan fingerprint density at radius 2 is 2.06 bits per heavy atom. The Bertz CT molecular complexity index is 387. The van der Waals surface area contributed by atoms with Gasteiger partial charge in [-0.15, -0.1) is 0 Å². The number of hydrogen-bond donors (Lipinski definition) is 2. The van der Waals surface area contributed by atoms with Gasteiger partial charge >= 0.3 is 0 Å². The lowest BCUT2D eigenvalue weighted by Gasteiger charge is -2.31. The Hall–Kier alpha value is -1.26. The summed E-state index contributed by atoms with van der Waals surface area (Å²) in [5.41, 5.74) is 0. The molecule has 1 saturated carbocycles. The van der Waals surface area contributed by atoms with Crippen LogP contribution in [0.1, 0.15) is 12.8 Å². The van der Waals surface area contributed by atoms with Gasteiger partial charge in [-0.05, 0) is 37.1 Å². The molecule has 0 atom stereocenters. The van der Waals surface area contributed by atoms with Crippen molar-refractivity contribution in [2.45, 2.75) is 25.0 Å². The van der Waals surface area contributed by atoms with E-state index in [0.29, 0.717) is 23.6 Å². The molecule has 0 radical (unpaired) electrons. The van der Waals surface area contributed by atoms with Crippen molar-refractivity contribution in [1.29, 1.82) is 0 Å². The van der Waals surface area contributed by atoms with Gasteiger partial charge in [0.05, 0.1) is 6.10 Å². The molecular formula is C12H14ClNO3. The van der Waals surface area contributed by atoms with Gasteiger partial charge in [-0.1, -0.05) is 11.6 Å². The van der Waals surface area contributed by atoms with E-state index in [4.69, 9.17) is 21.4 Å². The molecule has 92 valence electrons. The van der Waals surface area contributed by atoms with E-state index in [9.17, 15) is 4.79 Å². The van der Waals surface area contributed by atoms with Crippen molar-refractivity contribution in [1.82, 2.24) is 5.32 Å². The highest BCUT2D eigenvalue weighted by atomic mass is 35.5. The molecule has 1 fully saturated rings. The maximum Gasteiger partial charge on any atom is 0.258 e. The first-order chi connectivity index (χ1) is 8.13. The molecule has 1 amide bonds. The number of benzene rings is 1. The van der Waals surface area contributed by atoms with Gasteiger partial charge in [0.1, 0.15) is 5.75 Å². The molecule has 17 heavy (non-hydrogen) atoms. The van der Waals surface area contributed by atoms with Gasteiger partial charge in [-0.3, -0.25) is 4.79 Å². The number of aliphatic hydroxyl groups is 1. The van der Waals surface area contributed by atoms with Gasteiger partial charge in [-0.2, -0.15) is 0 Å². The average molecular weight is 256 g/mol. The number of rotatable bonds is 4. The molecule has 5 heteroatoms. The van der Waals surface area contributed by atoms with E-state index < -0.39 is 0 Å². The number of hydrogen-bond acceptors (Lipinski definition) is 3. The number of carbonyl (C=O) groups is 1. The first-order valence-electron chi connectivity index (χ1n) is 5.49. The minimum Gasteiger partial charge on any atom is -0.484 e. The van der Waals surface area contributed by atoms with Gasteiger partial charge < -0.3 is 15.2 Å². The van der Waals surface area contributed by atoms with Crippen LogP contribution in [-0.4, -0.2) is 29.8 Å². The summed E-state index contributed by atoms with van der Waals surface area (Å²) in [6.07, 6.45) is 0.997. The number of amides is 1. The second kappa shape index (κ2) is 5.38. The topological polar surface area (TPSA) is 58.6 Å².